The minimum atomic E-state index is -0.269. The predicted octanol–water partition coefficient (Wildman–Crippen LogP) is 4.17. The molecule has 26 heavy (non-hydrogen) atoms. The van der Waals surface area contributed by atoms with E-state index < -0.39 is 0 Å². The molecule has 138 valence electrons. The third-order valence-electron chi connectivity index (χ3n) is 4.38. The van der Waals surface area contributed by atoms with E-state index in [4.69, 9.17) is 0 Å². The third-order valence-corrected chi connectivity index (χ3v) is 4.38. The highest BCUT2D eigenvalue weighted by Crippen LogP contribution is 2.14. The van der Waals surface area contributed by atoms with Gasteiger partial charge in [-0.3, -0.25) is 9.59 Å². The molecule has 0 unspecified atom stereocenters. The van der Waals surface area contributed by atoms with Crippen LogP contribution in [0.1, 0.15) is 42.6 Å². The molecule has 0 saturated carbocycles. The highest BCUT2D eigenvalue weighted by Gasteiger charge is 2.14. The highest BCUT2D eigenvalue weighted by atomic mass is 19.1. The van der Waals surface area contributed by atoms with Crippen LogP contribution < -0.4 is 10.6 Å². The summed E-state index contributed by atoms with van der Waals surface area (Å²) >= 11 is 0. The Bertz CT molecular complexity index is 723. The van der Waals surface area contributed by atoms with Gasteiger partial charge in [0, 0.05) is 23.7 Å². The Hall–Kier alpha value is -2.69. The van der Waals surface area contributed by atoms with Gasteiger partial charge < -0.3 is 10.6 Å². The van der Waals surface area contributed by atoms with E-state index in [1.807, 2.05) is 13.8 Å². The van der Waals surface area contributed by atoms with Crippen molar-refractivity contribution >= 4 is 17.5 Å². The van der Waals surface area contributed by atoms with Gasteiger partial charge in [0.05, 0.1) is 0 Å². The van der Waals surface area contributed by atoms with Crippen LogP contribution in [0.4, 0.5) is 10.1 Å². The molecule has 0 atom stereocenters. The second kappa shape index (κ2) is 9.70. The molecule has 2 aromatic rings. The van der Waals surface area contributed by atoms with Crippen LogP contribution in [0.2, 0.25) is 0 Å². The first-order chi connectivity index (χ1) is 12.5. The lowest BCUT2D eigenvalue weighted by molar-refractivity contribution is -0.120. The smallest absolute Gasteiger partial charge is 0.251 e. The maximum Gasteiger partial charge on any atom is 0.251 e. The Morgan fingerprint density at radius 3 is 2.15 bits per heavy atom. The summed E-state index contributed by atoms with van der Waals surface area (Å²) in [4.78, 5) is 24.2. The van der Waals surface area contributed by atoms with Crippen molar-refractivity contribution in [2.45, 2.75) is 33.1 Å². The zero-order chi connectivity index (χ0) is 18.9. The van der Waals surface area contributed by atoms with Gasteiger partial charge in [-0.15, -0.1) is 0 Å². The maximum absolute atomic E-state index is 12.9. The molecule has 0 saturated heterocycles. The number of amides is 2. The number of nitrogens with one attached hydrogen (secondary N) is 2. The lowest BCUT2D eigenvalue weighted by Crippen LogP contribution is -2.25. The summed E-state index contributed by atoms with van der Waals surface area (Å²) in [5.41, 5.74) is 2.18. The van der Waals surface area contributed by atoms with Crippen molar-refractivity contribution in [3.05, 3.63) is 65.5 Å². The molecule has 0 radical (unpaired) electrons. The van der Waals surface area contributed by atoms with Crippen LogP contribution in [0.15, 0.2) is 48.5 Å². The Labute approximate surface area is 153 Å². The van der Waals surface area contributed by atoms with Gasteiger partial charge >= 0.3 is 0 Å². The second-order valence-electron chi connectivity index (χ2n) is 6.21. The van der Waals surface area contributed by atoms with E-state index in [1.165, 1.54) is 12.1 Å². The number of hydrogen-bond acceptors (Lipinski definition) is 2. The molecule has 2 rings (SSSR count). The van der Waals surface area contributed by atoms with Crippen molar-refractivity contribution < 1.29 is 14.0 Å². The molecule has 0 heterocycles. The van der Waals surface area contributed by atoms with Crippen molar-refractivity contribution in [2.75, 3.05) is 11.9 Å². The molecule has 0 aliphatic carbocycles. The summed E-state index contributed by atoms with van der Waals surface area (Å²) in [5.74, 6) is -0.435. The van der Waals surface area contributed by atoms with Gasteiger partial charge in [0.1, 0.15) is 5.82 Å². The Balaban J connectivity index is 1.84. The average molecular weight is 356 g/mol. The number of anilines is 1. The van der Waals surface area contributed by atoms with Gasteiger partial charge in [-0.1, -0.05) is 26.0 Å². The van der Waals surface area contributed by atoms with Crippen LogP contribution in [-0.2, 0) is 11.2 Å². The van der Waals surface area contributed by atoms with Gasteiger partial charge in [-0.05, 0) is 61.2 Å². The molecule has 4 nitrogen and oxygen atoms in total. The molecule has 2 N–H and O–H groups in total. The molecule has 2 aromatic carbocycles. The maximum atomic E-state index is 12.9. The van der Waals surface area contributed by atoms with Gasteiger partial charge in [-0.2, -0.15) is 0 Å². The predicted molar refractivity (Wildman–Crippen MR) is 102 cm³/mol. The van der Waals surface area contributed by atoms with Gasteiger partial charge in [0.2, 0.25) is 5.91 Å². The van der Waals surface area contributed by atoms with Gasteiger partial charge in [0.15, 0.2) is 0 Å². The molecule has 0 fully saturated rings. The summed E-state index contributed by atoms with van der Waals surface area (Å²) < 4.78 is 12.9. The van der Waals surface area contributed by atoms with Crippen LogP contribution in [0.5, 0.6) is 0 Å². The molecule has 5 heteroatoms. The van der Waals surface area contributed by atoms with E-state index in [1.54, 1.807) is 36.4 Å². The number of carbonyl (C=O) groups is 2. The van der Waals surface area contributed by atoms with Gasteiger partial charge in [-0.25, -0.2) is 4.39 Å². The Morgan fingerprint density at radius 1 is 0.962 bits per heavy atom. The van der Waals surface area contributed by atoms with Crippen molar-refractivity contribution in [2.24, 2.45) is 5.92 Å². The molecular weight excluding hydrogens is 331 g/mol. The fourth-order valence-corrected chi connectivity index (χ4v) is 2.68. The number of benzene rings is 2. The van der Waals surface area contributed by atoms with Crippen molar-refractivity contribution in [1.29, 1.82) is 0 Å². The highest BCUT2D eigenvalue weighted by molar-refractivity contribution is 5.96. The van der Waals surface area contributed by atoms with Gasteiger partial charge in [0.25, 0.3) is 5.91 Å². The molecular formula is C21H25FN2O2. The van der Waals surface area contributed by atoms with Crippen molar-refractivity contribution in [3.8, 4) is 0 Å². The molecule has 0 aliphatic heterocycles. The average Bonchev–Trinajstić information content (AvgIpc) is 2.65. The first kappa shape index (κ1) is 19.6. The third kappa shape index (κ3) is 5.69. The monoisotopic (exact) mass is 356 g/mol. The molecule has 0 aliphatic rings. The minimum Gasteiger partial charge on any atom is -0.352 e. The minimum absolute atomic E-state index is 0.00411. The summed E-state index contributed by atoms with van der Waals surface area (Å²) in [6.07, 6.45) is 2.24. The quantitative estimate of drug-likeness (QED) is 0.746. The summed E-state index contributed by atoms with van der Waals surface area (Å²) in [7, 11) is 0. The summed E-state index contributed by atoms with van der Waals surface area (Å²) in [5, 5.41) is 5.72. The molecule has 0 bridgehead atoms. The van der Waals surface area contributed by atoms with Crippen LogP contribution in [0, 0.1) is 11.7 Å². The van der Waals surface area contributed by atoms with Crippen molar-refractivity contribution in [3.63, 3.8) is 0 Å². The van der Waals surface area contributed by atoms with Crippen molar-refractivity contribution in [1.82, 2.24) is 5.32 Å². The van der Waals surface area contributed by atoms with E-state index in [-0.39, 0.29) is 23.5 Å². The van der Waals surface area contributed by atoms with E-state index in [9.17, 15) is 14.0 Å². The van der Waals surface area contributed by atoms with E-state index in [0.29, 0.717) is 24.2 Å². The Kier molecular flexibility index (Phi) is 7.33. The second-order valence-corrected chi connectivity index (χ2v) is 6.21. The lowest BCUT2D eigenvalue weighted by Gasteiger charge is -2.13. The standard InChI is InChI=1S/C21H25FN2O2/c1-3-16(4-2)21(26)24-19-11-7-17(8-12-19)20(25)23-14-13-15-5-9-18(22)10-6-15/h5-12,16H,3-4,13-14H2,1-2H3,(H,23,25)(H,24,26). The zero-order valence-electron chi connectivity index (χ0n) is 15.2. The zero-order valence-corrected chi connectivity index (χ0v) is 15.2. The molecule has 2 amide bonds. The number of rotatable bonds is 8. The lowest BCUT2D eigenvalue weighted by atomic mass is 10.0. The first-order valence-electron chi connectivity index (χ1n) is 8.97. The summed E-state index contributed by atoms with van der Waals surface area (Å²) in [6, 6.07) is 13.1. The van der Waals surface area contributed by atoms with Crippen LogP contribution in [0.3, 0.4) is 0 Å². The molecule has 0 aromatic heterocycles. The fraction of sp³-hybridized carbons (Fsp3) is 0.333. The normalized spacial score (nSPS) is 10.6. The molecule has 0 spiro atoms. The van der Waals surface area contributed by atoms with E-state index >= 15 is 0 Å². The van der Waals surface area contributed by atoms with Crippen LogP contribution in [0.25, 0.3) is 0 Å². The van der Waals surface area contributed by atoms with Crippen LogP contribution >= 0.6 is 0 Å². The SMILES string of the molecule is CCC(CC)C(=O)Nc1ccc(C(=O)NCCc2ccc(F)cc2)cc1. The number of halogens is 1. The largest absolute Gasteiger partial charge is 0.352 e. The Morgan fingerprint density at radius 2 is 1.58 bits per heavy atom. The van der Waals surface area contributed by atoms with Crippen LogP contribution in [-0.4, -0.2) is 18.4 Å². The number of hydrogen-bond donors (Lipinski definition) is 2. The number of carbonyl (C=O) groups excluding carboxylic acids is 2. The first-order valence-corrected chi connectivity index (χ1v) is 8.97. The van der Waals surface area contributed by atoms with E-state index in [0.717, 1.165) is 18.4 Å². The van der Waals surface area contributed by atoms with E-state index in [2.05, 4.69) is 10.6 Å². The fourth-order valence-electron chi connectivity index (χ4n) is 2.68. The summed E-state index contributed by atoms with van der Waals surface area (Å²) in [6.45, 7) is 4.46. The topological polar surface area (TPSA) is 58.2 Å².